The molecular weight excluding hydrogens is 306 g/mol. The second kappa shape index (κ2) is 7.92. The van der Waals surface area contributed by atoms with E-state index in [4.69, 9.17) is 0 Å². The Labute approximate surface area is 140 Å². The van der Waals surface area contributed by atoms with Gasteiger partial charge in [-0.25, -0.2) is 0 Å². The monoisotopic (exact) mass is 325 g/mol. The number of carbonyl (C=O) groups is 3. The molecule has 0 aromatic heterocycles. The maximum atomic E-state index is 12.2. The molecule has 2 rings (SSSR count). The number of anilines is 2. The van der Waals surface area contributed by atoms with Gasteiger partial charge in [-0.05, 0) is 23.8 Å². The lowest BCUT2D eigenvalue weighted by Gasteiger charge is -2.17. The molecule has 24 heavy (non-hydrogen) atoms. The third kappa shape index (κ3) is 4.95. The molecule has 0 saturated heterocycles. The fraction of sp³-hybridized carbons (Fsp3) is 0.167. The van der Waals surface area contributed by atoms with E-state index in [1.54, 1.807) is 31.3 Å². The molecule has 6 heteroatoms. The predicted molar refractivity (Wildman–Crippen MR) is 92.3 cm³/mol. The fourth-order valence-corrected chi connectivity index (χ4v) is 2.16. The molecule has 0 fully saturated rings. The van der Waals surface area contributed by atoms with Gasteiger partial charge in [0.1, 0.15) is 0 Å². The molecule has 2 N–H and O–H groups in total. The van der Waals surface area contributed by atoms with Crippen molar-refractivity contribution < 1.29 is 14.4 Å². The maximum absolute atomic E-state index is 12.2. The second-order valence-corrected chi connectivity index (χ2v) is 5.36. The number of hydrogen-bond acceptors (Lipinski definition) is 3. The first-order valence-corrected chi connectivity index (χ1v) is 7.44. The van der Waals surface area contributed by atoms with Gasteiger partial charge in [0.25, 0.3) is 0 Å². The Morgan fingerprint density at radius 1 is 0.917 bits per heavy atom. The molecule has 0 atom stereocenters. The Balaban J connectivity index is 1.98. The number of carbonyl (C=O) groups excluding carboxylic acids is 3. The SMILES string of the molecule is CC(=O)Nc1cccc(NC(=O)C(=O)N(C)Cc2ccccc2)c1. The van der Waals surface area contributed by atoms with Gasteiger partial charge in [0.15, 0.2) is 0 Å². The molecule has 2 aromatic rings. The maximum Gasteiger partial charge on any atom is 0.313 e. The van der Waals surface area contributed by atoms with Gasteiger partial charge < -0.3 is 15.5 Å². The van der Waals surface area contributed by atoms with Crippen molar-refractivity contribution in [3.8, 4) is 0 Å². The fourth-order valence-electron chi connectivity index (χ4n) is 2.16. The predicted octanol–water partition coefficient (Wildman–Crippen LogP) is 2.24. The van der Waals surface area contributed by atoms with E-state index in [1.807, 2.05) is 30.3 Å². The van der Waals surface area contributed by atoms with Crippen molar-refractivity contribution in [3.05, 3.63) is 60.2 Å². The normalized spacial score (nSPS) is 9.92. The summed E-state index contributed by atoms with van der Waals surface area (Å²) in [5, 5.41) is 5.16. The van der Waals surface area contributed by atoms with Gasteiger partial charge in [0.2, 0.25) is 5.91 Å². The topological polar surface area (TPSA) is 78.5 Å². The lowest BCUT2D eigenvalue weighted by atomic mass is 10.2. The van der Waals surface area contributed by atoms with Crippen LogP contribution < -0.4 is 10.6 Å². The van der Waals surface area contributed by atoms with Crippen molar-refractivity contribution in [3.63, 3.8) is 0 Å². The first-order chi connectivity index (χ1) is 11.5. The second-order valence-electron chi connectivity index (χ2n) is 5.36. The molecule has 6 nitrogen and oxygen atoms in total. The van der Waals surface area contributed by atoms with Crippen LogP contribution in [-0.4, -0.2) is 29.7 Å². The van der Waals surface area contributed by atoms with Gasteiger partial charge in [-0.15, -0.1) is 0 Å². The van der Waals surface area contributed by atoms with Crippen LogP contribution in [-0.2, 0) is 20.9 Å². The van der Waals surface area contributed by atoms with Gasteiger partial charge in [-0.2, -0.15) is 0 Å². The zero-order valence-corrected chi connectivity index (χ0v) is 13.6. The summed E-state index contributed by atoms with van der Waals surface area (Å²) in [6, 6.07) is 16.0. The van der Waals surface area contributed by atoms with Crippen LogP contribution in [0.4, 0.5) is 11.4 Å². The smallest absolute Gasteiger partial charge is 0.313 e. The number of benzene rings is 2. The summed E-state index contributed by atoms with van der Waals surface area (Å²) >= 11 is 0. The highest BCUT2D eigenvalue weighted by Crippen LogP contribution is 2.15. The summed E-state index contributed by atoms with van der Waals surface area (Å²) in [4.78, 5) is 36.7. The molecule has 0 aliphatic rings. The van der Waals surface area contributed by atoms with Crippen LogP contribution in [0.2, 0.25) is 0 Å². The van der Waals surface area contributed by atoms with Crippen LogP contribution in [0.15, 0.2) is 54.6 Å². The number of amides is 3. The highest BCUT2D eigenvalue weighted by Gasteiger charge is 2.19. The summed E-state index contributed by atoms with van der Waals surface area (Å²) in [6.07, 6.45) is 0. The van der Waals surface area contributed by atoms with Crippen molar-refractivity contribution in [1.82, 2.24) is 4.90 Å². The first kappa shape index (κ1) is 17.2. The number of nitrogens with zero attached hydrogens (tertiary/aromatic N) is 1. The molecule has 0 saturated carbocycles. The minimum Gasteiger partial charge on any atom is -0.333 e. The molecule has 0 unspecified atom stereocenters. The number of likely N-dealkylation sites (N-methyl/N-ethyl adjacent to an activating group) is 1. The Kier molecular flexibility index (Phi) is 5.68. The van der Waals surface area contributed by atoms with Crippen LogP contribution in [0.5, 0.6) is 0 Å². The molecule has 0 heterocycles. The van der Waals surface area contributed by atoms with Crippen LogP contribution in [0.3, 0.4) is 0 Å². The highest BCUT2D eigenvalue weighted by atomic mass is 16.2. The van der Waals surface area contributed by atoms with Crippen molar-refractivity contribution >= 4 is 29.1 Å². The van der Waals surface area contributed by atoms with E-state index < -0.39 is 11.8 Å². The summed E-state index contributed by atoms with van der Waals surface area (Å²) in [7, 11) is 1.57. The Hall–Kier alpha value is -3.15. The van der Waals surface area contributed by atoms with E-state index in [0.717, 1.165) is 5.56 Å². The van der Waals surface area contributed by atoms with Crippen LogP contribution in [0.25, 0.3) is 0 Å². The van der Waals surface area contributed by atoms with Crippen molar-refractivity contribution in [2.75, 3.05) is 17.7 Å². The summed E-state index contributed by atoms with van der Waals surface area (Å²) in [6.45, 7) is 1.74. The van der Waals surface area contributed by atoms with E-state index in [1.165, 1.54) is 11.8 Å². The van der Waals surface area contributed by atoms with Gasteiger partial charge in [-0.3, -0.25) is 14.4 Å². The number of hydrogen-bond donors (Lipinski definition) is 2. The van der Waals surface area contributed by atoms with E-state index in [9.17, 15) is 14.4 Å². The van der Waals surface area contributed by atoms with Gasteiger partial charge in [-0.1, -0.05) is 36.4 Å². The minimum atomic E-state index is -0.728. The van der Waals surface area contributed by atoms with E-state index in [2.05, 4.69) is 10.6 Å². The van der Waals surface area contributed by atoms with Crippen molar-refractivity contribution in [1.29, 1.82) is 0 Å². The molecule has 2 aromatic carbocycles. The van der Waals surface area contributed by atoms with E-state index in [-0.39, 0.29) is 5.91 Å². The standard InChI is InChI=1S/C18H19N3O3/c1-13(22)19-15-9-6-10-16(11-15)20-17(23)18(24)21(2)12-14-7-4-3-5-8-14/h3-11H,12H2,1-2H3,(H,19,22)(H,20,23). The average Bonchev–Trinajstić information content (AvgIpc) is 2.54. The van der Waals surface area contributed by atoms with Gasteiger partial charge in [0, 0.05) is 31.9 Å². The number of rotatable bonds is 4. The minimum absolute atomic E-state index is 0.211. The summed E-state index contributed by atoms with van der Waals surface area (Å²) in [5.74, 6) is -1.57. The zero-order valence-electron chi connectivity index (χ0n) is 13.6. The molecule has 0 aliphatic carbocycles. The molecule has 124 valence electrons. The van der Waals surface area contributed by atoms with Gasteiger partial charge >= 0.3 is 11.8 Å². The number of nitrogens with one attached hydrogen (secondary N) is 2. The average molecular weight is 325 g/mol. The third-order valence-electron chi connectivity index (χ3n) is 3.24. The van der Waals surface area contributed by atoms with Crippen LogP contribution in [0.1, 0.15) is 12.5 Å². The molecule has 0 spiro atoms. The Morgan fingerprint density at radius 2 is 1.54 bits per heavy atom. The lowest BCUT2D eigenvalue weighted by molar-refractivity contribution is -0.142. The quantitative estimate of drug-likeness (QED) is 0.846. The van der Waals surface area contributed by atoms with Crippen LogP contribution >= 0.6 is 0 Å². The Bertz CT molecular complexity index is 744. The summed E-state index contributed by atoms with van der Waals surface area (Å²) < 4.78 is 0. The van der Waals surface area contributed by atoms with Crippen molar-refractivity contribution in [2.24, 2.45) is 0 Å². The molecule has 0 radical (unpaired) electrons. The first-order valence-electron chi connectivity index (χ1n) is 7.44. The molecular formula is C18H19N3O3. The van der Waals surface area contributed by atoms with Crippen LogP contribution in [0, 0.1) is 0 Å². The van der Waals surface area contributed by atoms with E-state index in [0.29, 0.717) is 17.9 Å². The molecule has 0 aliphatic heterocycles. The highest BCUT2D eigenvalue weighted by molar-refractivity contribution is 6.39. The van der Waals surface area contributed by atoms with Crippen molar-refractivity contribution in [2.45, 2.75) is 13.5 Å². The zero-order chi connectivity index (χ0) is 17.5. The third-order valence-corrected chi connectivity index (χ3v) is 3.24. The van der Waals surface area contributed by atoms with E-state index >= 15 is 0 Å². The molecule has 0 bridgehead atoms. The Morgan fingerprint density at radius 3 is 2.17 bits per heavy atom. The lowest BCUT2D eigenvalue weighted by Crippen LogP contribution is -2.36. The summed E-state index contributed by atoms with van der Waals surface area (Å²) in [5.41, 5.74) is 1.92. The van der Waals surface area contributed by atoms with Gasteiger partial charge in [0.05, 0.1) is 0 Å². The largest absolute Gasteiger partial charge is 0.333 e. The molecule has 3 amide bonds.